The second-order valence-corrected chi connectivity index (χ2v) is 7.86. The van der Waals surface area contributed by atoms with Gasteiger partial charge in [0.05, 0.1) is 18.6 Å². The third kappa shape index (κ3) is 2.59. The molecule has 1 aromatic heterocycles. The number of hydrogen-bond donors (Lipinski definition) is 0. The zero-order valence-electron chi connectivity index (χ0n) is 16.4. The van der Waals surface area contributed by atoms with Crippen molar-refractivity contribution in [3.8, 4) is 22.8 Å². The van der Waals surface area contributed by atoms with E-state index in [1.807, 2.05) is 30.3 Å². The largest absolute Gasteiger partial charge is 0.496 e. The van der Waals surface area contributed by atoms with Crippen LogP contribution in [0.2, 0.25) is 0 Å². The van der Waals surface area contributed by atoms with E-state index in [1.165, 1.54) is 13.2 Å². The summed E-state index contributed by atoms with van der Waals surface area (Å²) in [7, 11) is 1.49. The Labute approximate surface area is 167 Å². The van der Waals surface area contributed by atoms with E-state index < -0.39 is 17.6 Å². The predicted octanol–water partition coefficient (Wildman–Crippen LogP) is 3.69. The standard InChI is InChI=1S/C23H20O6/c1-23(2)22(25)20-17(29-23)11-27-16-10-15(26-3)18-13(24)9-14(28-21(18)19(16)20)12-7-5-4-6-8-12/h4-10,17,20H,11H2,1-3H3. The van der Waals surface area contributed by atoms with Crippen molar-refractivity contribution in [2.24, 2.45) is 0 Å². The maximum atomic E-state index is 13.1. The van der Waals surface area contributed by atoms with Gasteiger partial charge in [-0.05, 0) is 13.8 Å². The Balaban J connectivity index is 1.85. The molecule has 2 aliphatic heterocycles. The number of fused-ring (bicyclic) bond motifs is 5. The minimum Gasteiger partial charge on any atom is -0.496 e. The minimum absolute atomic E-state index is 0.0497. The van der Waals surface area contributed by atoms with Gasteiger partial charge in [0.15, 0.2) is 11.2 Å². The van der Waals surface area contributed by atoms with Gasteiger partial charge in [0, 0.05) is 17.7 Å². The quantitative estimate of drug-likeness (QED) is 0.662. The highest BCUT2D eigenvalue weighted by atomic mass is 16.6. The maximum Gasteiger partial charge on any atom is 0.197 e. The number of Topliss-reactive ketones (excluding diaryl/α,β-unsaturated/α-hetero) is 1. The van der Waals surface area contributed by atoms with Gasteiger partial charge in [-0.15, -0.1) is 0 Å². The smallest absolute Gasteiger partial charge is 0.197 e. The topological polar surface area (TPSA) is 75.0 Å². The van der Waals surface area contributed by atoms with E-state index in [0.717, 1.165) is 5.56 Å². The van der Waals surface area contributed by atoms with E-state index >= 15 is 0 Å². The molecule has 0 bridgehead atoms. The van der Waals surface area contributed by atoms with Crippen LogP contribution in [0.25, 0.3) is 22.3 Å². The Bertz CT molecular complexity index is 1190. The highest BCUT2D eigenvalue weighted by molar-refractivity contribution is 6.01. The van der Waals surface area contributed by atoms with Crippen molar-refractivity contribution in [2.75, 3.05) is 13.7 Å². The van der Waals surface area contributed by atoms with E-state index in [9.17, 15) is 9.59 Å². The van der Waals surface area contributed by atoms with Crippen LogP contribution >= 0.6 is 0 Å². The average Bonchev–Trinajstić information content (AvgIpc) is 2.96. The SMILES string of the molecule is COc1cc2c(c3oc(-c4ccccc4)cc(=O)c13)C1C(=O)C(C)(C)OC1CO2. The van der Waals surface area contributed by atoms with Crippen LogP contribution in [0.4, 0.5) is 0 Å². The molecule has 2 atom stereocenters. The number of benzene rings is 2. The van der Waals surface area contributed by atoms with Gasteiger partial charge < -0.3 is 18.6 Å². The summed E-state index contributed by atoms with van der Waals surface area (Å²) >= 11 is 0. The fourth-order valence-corrected chi connectivity index (χ4v) is 4.28. The molecule has 0 radical (unpaired) electrons. The molecule has 2 unspecified atom stereocenters. The van der Waals surface area contributed by atoms with E-state index in [0.29, 0.717) is 33.8 Å². The highest BCUT2D eigenvalue weighted by Crippen LogP contribution is 2.49. The summed E-state index contributed by atoms with van der Waals surface area (Å²) < 4.78 is 23.5. The first-order valence-corrected chi connectivity index (χ1v) is 9.50. The van der Waals surface area contributed by atoms with Gasteiger partial charge in [0.25, 0.3) is 0 Å². The van der Waals surface area contributed by atoms with Gasteiger partial charge in [-0.1, -0.05) is 30.3 Å². The normalized spacial score (nSPS) is 22.1. The van der Waals surface area contributed by atoms with Gasteiger partial charge in [-0.2, -0.15) is 0 Å². The van der Waals surface area contributed by atoms with Crippen LogP contribution in [0, 0.1) is 0 Å². The van der Waals surface area contributed by atoms with Crippen molar-refractivity contribution in [3.05, 3.63) is 58.3 Å². The summed E-state index contributed by atoms with van der Waals surface area (Å²) in [6, 6.07) is 12.5. The monoisotopic (exact) mass is 392 g/mol. The van der Waals surface area contributed by atoms with Crippen molar-refractivity contribution in [1.82, 2.24) is 0 Å². The number of rotatable bonds is 2. The molecule has 0 aliphatic carbocycles. The molecule has 2 aromatic carbocycles. The number of methoxy groups -OCH3 is 1. The molecule has 1 saturated heterocycles. The van der Waals surface area contributed by atoms with Crippen molar-refractivity contribution >= 4 is 16.8 Å². The Hall–Kier alpha value is -3.12. The molecule has 0 spiro atoms. The number of ether oxygens (including phenoxy) is 3. The molecular formula is C23H20O6. The van der Waals surface area contributed by atoms with Crippen LogP contribution in [0.1, 0.15) is 25.3 Å². The van der Waals surface area contributed by atoms with Gasteiger partial charge in [0.2, 0.25) is 0 Å². The van der Waals surface area contributed by atoms with Crippen molar-refractivity contribution in [2.45, 2.75) is 31.5 Å². The first-order chi connectivity index (χ1) is 13.9. The van der Waals surface area contributed by atoms with Crippen LogP contribution in [0.5, 0.6) is 11.5 Å². The lowest BCUT2D eigenvalue weighted by Gasteiger charge is -2.27. The van der Waals surface area contributed by atoms with Crippen LogP contribution in [0.3, 0.4) is 0 Å². The number of carbonyl (C=O) groups excluding carboxylic acids is 1. The third-order valence-corrected chi connectivity index (χ3v) is 5.65. The molecular weight excluding hydrogens is 372 g/mol. The van der Waals surface area contributed by atoms with E-state index in [1.54, 1.807) is 19.9 Å². The lowest BCUT2D eigenvalue weighted by Crippen LogP contribution is -2.31. The van der Waals surface area contributed by atoms with E-state index in [2.05, 4.69) is 0 Å². The zero-order chi connectivity index (χ0) is 20.3. The molecule has 1 fully saturated rings. The number of ketones is 1. The molecule has 3 heterocycles. The predicted molar refractivity (Wildman–Crippen MR) is 107 cm³/mol. The molecule has 0 amide bonds. The summed E-state index contributed by atoms with van der Waals surface area (Å²) in [5, 5.41) is 0.299. The zero-order valence-corrected chi connectivity index (χ0v) is 16.4. The second kappa shape index (κ2) is 6.19. The van der Waals surface area contributed by atoms with E-state index in [4.69, 9.17) is 18.6 Å². The van der Waals surface area contributed by atoms with Crippen molar-refractivity contribution < 1.29 is 23.4 Å². The van der Waals surface area contributed by atoms with Crippen LogP contribution in [-0.4, -0.2) is 31.2 Å². The van der Waals surface area contributed by atoms with Crippen LogP contribution < -0.4 is 14.9 Å². The summed E-state index contributed by atoms with van der Waals surface area (Å²) in [5.74, 6) is 0.656. The minimum atomic E-state index is -0.927. The first kappa shape index (κ1) is 17.9. The summed E-state index contributed by atoms with van der Waals surface area (Å²) in [6.07, 6.45) is -0.424. The van der Waals surface area contributed by atoms with E-state index in [-0.39, 0.29) is 17.8 Å². The first-order valence-electron chi connectivity index (χ1n) is 9.50. The molecule has 3 aromatic rings. The van der Waals surface area contributed by atoms with Gasteiger partial charge in [-0.3, -0.25) is 9.59 Å². The molecule has 6 heteroatoms. The van der Waals surface area contributed by atoms with Gasteiger partial charge in [0.1, 0.15) is 46.5 Å². The fourth-order valence-electron chi connectivity index (χ4n) is 4.28. The molecule has 2 aliphatic rings. The maximum absolute atomic E-state index is 13.1. The molecule has 0 saturated carbocycles. The average molecular weight is 392 g/mol. The second-order valence-electron chi connectivity index (χ2n) is 7.86. The van der Waals surface area contributed by atoms with Crippen LogP contribution in [0.15, 0.2) is 51.7 Å². The Morgan fingerprint density at radius 1 is 1.10 bits per heavy atom. The number of carbonyl (C=O) groups is 1. The molecule has 148 valence electrons. The summed E-state index contributed by atoms with van der Waals surface area (Å²) in [5.41, 5.74) is 0.477. The third-order valence-electron chi connectivity index (χ3n) is 5.65. The molecule has 6 nitrogen and oxygen atoms in total. The summed E-state index contributed by atoms with van der Waals surface area (Å²) in [6.45, 7) is 3.76. The van der Waals surface area contributed by atoms with Crippen molar-refractivity contribution in [3.63, 3.8) is 0 Å². The lowest BCUT2D eigenvalue weighted by atomic mass is 9.83. The Morgan fingerprint density at radius 2 is 1.86 bits per heavy atom. The fraction of sp³-hybridized carbons (Fsp3) is 0.304. The highest BCUT2D eigenvalue weighted by Gasteiger charge is 2.53. The van der Waals surface area contributed by atoms with Crippen molar-refractivity contribution in [1.29, 1.82) is 0 Å². The molecule has 0 N–H and O–H groups in total. The molecule has 5 rings (SSSR count). The Kier molecular flexibility index (Phi) is 3.83. The lowest BCUT2D eigenvalue weighted by molar-refractivity contribution is -0.130. The van der Waals surface area contributed by atoms with Gasteiger partial charge in [-0.25, -0.2) is 0 Å². The van der Waals surface area contributed by atoms with Gasteiger partial charge >= 0.3 is 0 Å². The Morgan fingerprint density at radius 3 is 2.59 bits per heavy atom. The number of hydrogen-bond acceptors (Lipinski definition) is 6. The molecule has 29 heavy (non-hydrogen) atoms. The summed E-state index contributed by atoms with van der Waals surface area (Å²) in [4.78, 5) is 26.2. The van der Waals surface area contributed by atoms with Crippen LogP contribution in [-0.2, 0) is 9.53 Å².